The summed E-state index contributed by atoms with van der Waals surface area (Å²) in [6.07, 6.45) is 4.14. The third-order valence-corrected chi connectivity index (χ3v) is 2.84. The number of nitrogens with zero attached hydrogens (tertiary/aromatic N) is 1. The summed E-state index contributed by atoms with van der Waals surface area (Å²) in [5, 5.41) is 0. The van der Waals surface area contributed by atoms with Crippen LogP contribution in [0.3, 0.4) is 0 Å². The predicted octanol–water partition coefficient (Wildman–Crippen LogP) is -0.215. The van der Waals surface area contributed by atoms with Crippen LogP contribution in [0.15, 0.2) is 18.2 Å². The fraction of sp³-hybridized carbons (Fsp3) is 0.538. The van der Waals surface area contributed by atoms with Gasteiger partial charge in [-0.2, -0.15) is 29.8 Å². The maximum absolute atomic E-state index is 3.41. The maximum Gasteiger partial charge on any atom is 1.00 e. The zero-order valence-electron chi connectivity index (χ0n) is 9.92. The van der Waals surface area contributed by atoms with E-state index in [9.17, 15) is 0 Å². The molecule has 0 radical (unpaired) electrons. The molecule has 2 rings (SSSR count). The van der Waals surface area contributed by atoms with Crippen LogP contribution >= 0.6 is 0 Å². The molecule has 15 heavy (non-hydrogen) atoms. The minimum Gasteiger partial charge on any atom is -0.301 e. The number of piperidine rings is 1. The number of benzene rings is 1. The van der Waals surface area contributed by atoms with E-state index >= 15 is 0 Å². The Morgan fingerprint density at radius 2 is 1.93 bits per heavy atom. The third kappa shape index (κ3) is 4.03. The van der Waals surface area contributed by atoms with Crippen molar-refractivity contribution in [2.24, 2.45) is 0 Å². The van der Waals surface area contributed by atoms with Gasteiger partial charge in [-0.1, -0.05) is 13.3 Å². The van der Waals surface area contributed by atoms with E-state index in [1.165, 1.54) is 43.5 Å². The summed E-state index contributed by atoms with van der Waals surface area (Å²) in [4.78, 5) is 2.54. The first kappa shape index (κ1) is 12.8. The van der Waals surface area contributed by atoms with Gasteiger partial charge in [0, 0.05) is 6.54 Å². The topological polar surface area (TPSA) is 3.24 Å². The Labute approximate surface area is 105 Å². The first-order chi connectivity index (χ1) is 6.84. The molecule has 0 spiro atoms. The van der Waals surface area contributed by atoms with Gasteiger partial charge in [0.25, 0.3) is 0 Å². The van der Waals surface area contributed by atoms with Crippen LogP contribution in [-0.4, -0.2) is 18.0 Å². The molecule has 1 aromatic carbocycles. The molecule has 0 bridgehead atoms. The molecule has 0 unspecified atom stereocenters. The Balaban J connectivity index is 0.00000112. The van der Waals surface area contributed by atoms with Crippen LogP contribution in [0, 0.1) is 13.0 Å². The Bertz CT molecular complexity index is 292. The Kier molecular flexibility index (Phi) is 5.46. The summed E-state index contributed by atoms with van der Waals surface area (Å²) < 4.78 is 0. The number of aryl methyl sites for hydroxylation is 1. The van der Waals surface area contributed by atoms with Gasteiger partial charge in [-0.05, 0) is 25.9 Å². The molecule has 0 aromatic heterocycles. The summed E-state index contributed by atoms with van der Waals surface area (Å²) in [6, 6.07) is 9.84. The van der Waals surface area contributed by atoms with Crippen molar-refractivity contribution in [3.05, 3.63) is 35.4 Å². The van der Waals surface area contributed by atoms with Gasteiger partial charge in [0.15, 0.2) is 0 Å². The Morgan fingerprint density at radius 3 is 2.60 bits per heavy atom. The molecule has 0 N–H and O–H groups in total. The van der Waals surface area contributed by atoms with E-state index in [1.807, 2.05) is 0 Å². The first-order valence-corrected chi connectivity index (χ1v) is 5.55. The van der Waals surface area contributed by atoms with E-state index in [2.05, 4.69) is 36.1 Å². The monoisotopic (exact) mass is 195 g/mol. The van der Waals surface area contributed by atoms with Crippen molar-refractivity contribution in [3.63, 3.8) is 0 Å². The van der Waals surface area contributed by atoms with E-state index in [-0.39, 0.29) is 18.9 Å². The summed E-state index contributed by atoms with van der Waals surface area (Å²) in [5.41, 5.74) is 2.59. The van der Waals surface area contributed by atoms with Gasteiger partial charge in [0.05, 0.1) is 0 Å². The second kappa shape index (κ2) is 6.38. The van der Waals surface area contributed by atoms with Gasteiger partial charge in [-0.25, -0.2) is 0 Å². The Morgan fingerprint density at radius 1 is 1.20 bits per heavy atom. The fourth-order valence-electron chi connectivity index (χ4n) is 2.10. The van der Waals surface area contributed by atoms with Crippen LogP contribution in [0.25, 0.3) is 0 Å². The van der Waals surface area contributed by atoms with E-state index in [0.29, 0.717) is 0 Å². The number of hydrogen-bond donors (Lipinski definition) is 0. The van der Waals surface area contributed by atoms with E-state index in [0.717, 1.165) is 6.54 Å². The van der Waals surface area contributed by atoms with E-state index in [4.69, 9.17) is 0 Å². The summed E-state index contributed by atoms with van der Waals surface area (Å²) >= 11 is 0. The third-order valence-electron chi connectivity index (χ3n) is 2.84. The molecule has 1 heterocycles. The van der Waals surface area contributed by atoms with Crippen LogP contribution in [0.4, 0.5) is 0 Å². The van der Waals surface area contributed by atoms with Crippen molar-refractivity contribution in [1.29, 1.82) is 0 Å². The first-order valence-electron chi connectivity index (χ1n) is 5.55. The average molecular weight is 195 g/mol. The van der Waals surface area contributed by atoms with Gasteiger partial charge in [-0.3, -0.25) is 0 Å². The molecule has 0 saturated carbocycles. The summed E-state index contributed by atoms with van der Waals surface area (Å²) in [5.74, 6) is 0. The van der Waals surface area contributed by atoms with Crippen LogP contribution < -0.4 is 18.9 Å². The van der Waals surface area contributed by atoms with Crippen molar-refractivity contribution in [3.8, 4) is 0 Å². The number of hydrogen-bond acceptors (Lipinski definition) is 1. The van der Waals surface area contributed by atoms with Gasteiger partial charge < -0.3 is 4.90 Å². The van der Waals surface area contributed by atoms with Gasteiger partial charge >= 0.3 is 18.9 Å². The normalized spacial score (nSPS) is 17.1. The van der Waals surface area contributed by atoms with Crippen LogP contribution in [0.5, 0.6) is 0 Å². The van der Waals surface area contributed by atoms with Gasteiger partial charge in [0.1, 0.15) is 0 Å². The second-order valence-electron chi connectivity index (χ2n) is 4.20. The summed E-state index contributed by atoms with van der Waals surface area (Å²) in [7, 11) is 0. The quantitative estimate of drug-likeness (QED) is 0.466. The SMILES string of the molecule is Cc1[c-]c(CN2CCCCC2)ccc1.[Li+]. The van der Waals surface area contributed by atoms with Crippen molar-refractivity contribution in [2.45, 2.75) is 32.7 Å². The zero-order chi connectivity index (χ0) is 9.80. The van der Waals surface area contributed by atoms with Gasteiger partial charge in [0.2, 0.25) is 0 Å². The molecule has 1 nitrogen and oxygen atoms in total. The van der Waals surface area contributed by atoms with Crippen LogP contribution in [0.1, 0.15) is 30.4 Å². The predicted molar refractivity (Wildman–Crippen MR) is 59.1 cm³/mol. The van der Waals surface area contributed by atoms with Crippen molar-refractivity contribution >= 4 is 0 Å². The minimum atomic E-state index is 0. The van der Waals surface area contributed by atoms with E-state index in [1.54, 1.807) is 0 Å². The molecule has 1 saturated heterocycles. The number of likely N-dealkylation sites (tertiary alicyclic amines) is 1. The molecule has 0 aliphatic carbocycles. The molecule has 1 aliphatic rings. The van der Waals surface area contributed by atoms with Crippen molar-refractivity contribution < 1.29 is 18.9 Å². The summed E-state index contributed by atoms with van der Waals surface area (Å²) in [6.45, 7) is 5.73. The minimum absolute atomic E-state index is 0. The molecule has 1 aromatic rings. The molecule has 0 amide bonds. The van der Waals surface area contributed by atoms with Crippen molar-refractivity contribution in [2.75, 3.05) is 13.1 Å². The van der Waals surface area contributed by atoms with E-state index < -0.39 is 0 Å². The average Bonchev–Trinajstić information content (AvgIpc) is 2.19. The molecular formula is C13H18LiN. The second-order valence-corrected chi connectivity index (χ2v) is 4.20. The van der Waals surface area contributed by atoms with Gasteiger partial charge in [-0.15, -0.1) is 5.56 Å². The maximum atomic E-state index is 3.41. The number of rotatable bonds is 2. The Hall–Kier alpha value is -0.223. The fourth-order valence-corrected chi connectivity index (χ4v) is 2.10. The smallest absolute Gasteiger partial charge is 0.301 e. The van der Waals surface area contributed by atoms with Crippen LogP contribution in [0.2, 0.25) is 0 Å². The molecule has 2 heteroatoms. The van der Waals surface area contributed by atoms with Crippen molar-refractivity contribution in [1.82, 2.24) is 4.90 Å². The zero-order valence-corrected chi connectivity index (χ0v) is 9.92. The molecule has 0 atom stereocenters. The molecule has 1 aliphatic heterocycles. The molecular weight excluding hydrogens is 177 g/mol. The molecule has 76 valence electrons. The van der Waals surface area contributed by atoms with Crippen LogP contribution in [-0.2, 0) is 6.54 Å². The molecule has 1 fully saturated rings. The standard InChI is InChI=1S/C13H18N.Li/c1-12-6-5-7-13(10-12)11-14-8-3-2-4-9-14;/h5-7H,2-4,8-9,11H2,1H3;/q-1;+1. The largest absolute Gasteiger partial charge is 1.00 e.